The fraction of sp³-hybridized carbons (Fsp3) is 0.571. The topological polar surface area (TPSA) is 0 Å². The largest absolute Gasteiger partial charge is 0.0838 e. The third-order valence-electron chi connectivity index (χ3n) is 4.01. The summed E-state index contributed by atoms with van der Waals surface area (Å²) in [6.07, 6.45) is 5.64. The van der Waals surface area contributed by atoms with E-state index in [4.69, 9.17) is 0 Å². The average molecular weight is 220 g/mol. The summed E-state index contributed by atoms with van der Waals surface area (Å²) < 4.78 is 0. The van der Waals surface area contributed by atoms with Gasteiger partial charge >= 0.3 is 0 Å². The van der Waals surface area contributed by atoms with Gasteiger partial charge in [0.2, 0.25) is 0 Å². The first-order valence-corrected chi connectivity index (χ1v) is 7.14. The maximum atomic E-state index is 2.37. The van der Waals surface area contributed by atoms with Crippen LogP contribution < -0.4 is 5.30 Å². The van der Waals surface area contributed by atoms with Crippen molar-refractivity contribution in [1.82, 2.24) is 0 Å². The molecule has 1 aromatic carbocycles. The number of benzene rings is 1. The number of rotatable bonds is 4. The van der Waals surface area contributed by atoms with Gasteiger partial charge in [0.05, 0.1) is 0 Å². The van der Waals surface area contributed by atoms with E-state index >= 15 is 0 Å². The standard InChI is InChI=1S/C14H21P/c1-3-12-10-11-14(12,4-2)15-13-8-6-5-7-9-13/h5-9,12,15H,3-4,10-11H2,1-2H3. The molecule has 0 radical (unpaired) electrons. The first kappa shape index (κ1) is 11.1. The highest BCUT2D eigenvalue weighted by molar-refractivity contribution is 7.49. The van der Waals surface area contributed by atoms with Crippen molar-refractivity contribution in [2.45, 2.75) is 44.7 Å². The fourth-order valence-electron chi connectivity index (χ4n) is 2.82. The molecule has 0 bridgehead atoms. The van der Waals surface area contributed by atoms with Gasteiger partial charge in [-0.2, -0.15) is 0 Å². The van der Waals surface area contributed by atoms with E-state index in [0.29, 0.717) is 5.16 Å². The molecular weight excluding hydrogens is 199 g/mol. The lowest BCUT2D eigenvalue weighted by Crippen LogP contribution is -2.43. The van der Waals surface area contributed by atoms with E-state index in [1.807, 2.05) is 0 Å². The molecule has 2 rings (SSSR count). The smallest absolute Gasteiger partial charge is 0.00560 e. The Hall–Kier alpha value is -0.350. The molecule has 0 N–H and O–H groups in total. The van der Waals surface area contributed by atoms with Crippen LogP contribution in [0.4, 0.5) is 0 Å². The number of hydrogen-bond donors (Lipinski definition) is 0. The van der Waals surface area contributed by atoms with Gasteiger partial charge in [-0.1, -0.05) is 59.2 Å². The Balaban J connectivity index is 2.09. The Morgan fingerprint density at radius 3 is 2.47 bits per heavy atom. The van der Waals surface area contributed by atoms with Crippen molar-refractivity contribution in [2.75, 3.05) is 0 Å². The summed E-state index contributed by atoms with van der Waals surface area (Å²) in [5, 5.41) is 2.22. The predicted octanol–water partition coefficient (Wildman–Crippen LogP) is 3.96. The Morgan fingerprint density at radius 2 is 2.00 bits per heavy atom. The molecule has 1 aromatic rings. The molecule has 0 saturated heterocycles. The lowest BCUT2D eigenvalue weighted by atomic mass is 9.70. The van der Waals surface area contributed by atoms with Crippen LogP contribution in [0.25, 0.3) is 0 Å². The molecule has 0 heterocycles. The minimum atomic E-state index is 0.663. The van der Waals surface area contributed by atoms with Gasteiger partial charge in [-0.15, -0.1) is 0 Å². The van der Waals surface area contributed by atoms with Crippen molar-refractivity contribution in [1.29, 1.82) is 0 Å². The molecule has 1 aliphatic rings. The second kappa shape index (κ2) is 4.66. The van der Waals surface area contributed by atoms with Crippen LogP contribution in [0.5, 0.6) is 0 Å². The zero-order valence-electron chi connectivity index (χ0n) is 9.79. The summed E-state index contributed by atoms with van der Waals surface area (Å²) in [6.45, 7) is 4.72. The molecule has 0 spiro atoms. The second-order valence-corrected chi connectivity index (χ2v) is 6.47. The minimum Gasteiger partial charge on any atom is -0.0838 e. The lowest BCUT2D eigenvalue weighted by Gasteiger charge is -2.49. The molecule has 82 valence electrons. The molecule has 0 aliphatic heterocycles. The van der Waals surface area contributed by atoms with Crippen LogP contribution in [0.2, 0.25) is 0 Å². The van der Waals surface area contributed by atoms with E-state index in [9.17, 15) is 0 Å². The monoisotopic (exact) mass is 220 g/mol. The van der Waals surface area contributed by atoms with E-state index in [-0.39, 0.29) is 0 Å². The quantitative estimate of drug-likeness (QED) is 0.674. The van der Waals surface area contributed by atoms with Gasteiger partial charge in [0.25, 0.3) is 0 Å². The maximum Gasteiger partial charge on any atom is -0.00560 e. The molecule has 1 fully saturated rings. The highest BCUT2D eigenvalue weighted by atomic mass is 31.1. The summed E-state index contributed by atoms with van der Waals surface area (Å²) in [5.41, 5.74) is 0. The van der Waals surface area contributed by atoms with Gasteiger partial charge < -0.3 is 0 Å². The Morgan fingerprint density at radius 1 is 1.27 bits per heavy atom. The molecule has 0 nitrogen and oxygen atoms in total. The fourth-order valence-corrected chi connectivity index (χ4v) is 4.75. The third-order valence-corrected chi connectivity index (χ3v) is 6.14. The van der Waals surface area contributed by atoms with Crippen LogP contribution in [-0.2, 0) is 0 Å². The zero-order chi connectivity index (χ0) is 10.7. The van der Waals surface area contributed by atoms with Crippen LogP contribution in [0.15, 0.2) is 30.3 Å². The van der Waals surface area contributed by atoms with Crippen molar-refractivity contribution in [2.24, 2.45) is 5.92 Å². The van der Waals surface area contributed by atoms with Crippen LogP contribution in [0, 0.1) is 5.92 Å². The highest BCUT2D eigenvalue weighted by Gasteiger charge is 2.43. The molecule has 1 saturated carbocycles. The molecule has 1 aliphatic carbocycles. The summed E-state index contributed by atoms with van der Waals surface area (Å²) >= 11 is 0. The van der Waals surface area contributed by atoms with E-state index in [1.165, 1.54) is 25.7 Å². The number of hydrogen-bond acceptors (Lipinski definition) is 0. The molecule has 0 amide bonds. The van der Waals surface area contributed by atoms with E-state index in [1.54, 1.807) is 5.30 Å². The van der Waals surface area contributed by atoms with Gasteiger partial charge in [0.1, 0.15) is 0 Å². The third kappa shape index (κ3) is 2.11. The van der Waals surface area contributed by atoms with Gasteiger partial charge in [-0.25, -0.2) is 0 Å². The summed E-state index contributed by atoms with van der Waals surface area (Å²) in [4.78, 5) is 0. The molecular formula is C14H21P. The van der Waals surface area contributed by atoms with Crippen molar-refractivity contribution < 1.29 is 0 Å². The van der Waals surface area contributed by atoms with Gasteiger partial charge in [-0.3, -0.25) is 0 Å². The first-order chi connectivity index (χ1) is 7.30. The molecule has 15 heavy (non-hydrogen) atoms. The zero-order valence-corrected chi connectivity index (χ0v) is 10.8. The normalized spacial score (nSPS) is 30.7. The van der Waals surface area contributed by atoms with Gasteiger partial charge in [-0.05, 0) is 35.6 Å². The Kier molecular flexibility index (Phi) is 3.46. The highest BCUT2D eigenvalue weighted by Crippen LogP contribution is 2.55. The van der Waals surface area contributed by atoms with Crippen molar-refractivity contribution in [3.63, 3.8) is 0 Å². The van der Waals surface area contributed by atoms with Crippen LogP contribution in [0.1, 0.15) is 39.5 Å². The molecule has 3 unspecified atom stereocenters. The maximum absolute atomic E-state index is 2.37. The van der Waals surface area contributed by atoms with Gasteiger partial charge in [0, 0.05) is 0 Å². The SMILES string of the molecule is CCC1CCC1(CC)Pc1ccccc1. The molecule has 1 heteroatoms. The van der Waals surface area contributed by atoms with Crippen LogP contribution in [0.3, 0.4) is 0 Å². The van der Waals surface area contributed by atoms with Crippen molar-refractivity contribution in [3.8, 4) is 0 Å². The first-order valence-electron chi connectivity index (χ1n) is 6.14. The summed E-state index contributed by atoms with van der Waals surface area (Å²) in [7, 11) is 1.02. The van der Waals surface area contributed by atoms with Crippen LogP contribution in [-0.4, -0.2) is 5.16 Å². The van der Waals surface area contributed by atoms with Crippen LogP contribution >= 0.6 is 8.58 Å². The Labute approximate surface area is 95.3 Å². The average Bonchev–Trinajstić information content (AvgIpc) is 2.26. The summed E-state index contributed by atoms with van der Waals surface area (Å²) in [5.74, 6) is 0.987. The second-order valence-electron chi connectivity index (χ2n) is 4.64. The van der Waals surface area contributed by atoms with Gasteiger partial charge in [0.15, 0.2) is 0 Å². The minimum absolute atomic E-state index is 0.663. The van der Waals surface area contributed by atoms with Crippen molar-refractivity contribution >= 4 is 13.9 Å². The summed E-state index contributed by atoms with van der Waals surface area (Å²) in [6, 6.07) is 11.0. The Bertz CT molecular complexity index is 300. The van der Waals surface area contributed by atoms with E-state index in [0.717, 1.165) is 14.5 Å². The van der Waals surface area contributed by atoms with E-state index < -0.39 is 0 Å². The molecule has 3 atom stereocenters. The van der Waals surface area contributed by atoms with Crippen molar-refractivity contribution in [3.05, 3.63) is 30.3 Å². The lowest BCUT2D eigenvalue weighted by molar-refractivity contribution is 0.201. The van der Waals surface area contributed by atoms with E-state index in [2.05, 4.69) is 44.2 Å². The predicted molar refractivity (Wildman–Crippen MR) is 70.4 cm³/mol. The molecule has 0 aromatic heterocycles.